The Morgan fingerprint density at radius 1 is 1.47 bits per heavy atom. The van der Waals surface area contributed by atoms with E-state index in [4.69, 9.17) is 4.74 Å². The number of aromatic nitrogens is 2. The predicted octanol–water partition coefficient (Wildman–Crippen LogP) is 3.70. The lowest BCUT2D eigenvalue weighted by Gasteiger charge is -2.38. The van der Waals surface area contributed by atoms with Crippen LogP contribution in [0.15, 0.2) is 65.7 Å². The van der Waals surface area contributed by atoms with Gasteiger partial charge in [0.15, 0.2) is 0 Å². The molecule has 0 spiro atoms. The number of halogens is 1. The topological polar surface area (TPSA) is 71.8 Å². The zero-order chi connectivity index (χ0) is 21.8. The number of hydrogen-bond acceptors (Lipinski definition) is 5. The minimum atomic E-state index is -0.374. The number of nitrogens with zero attached hydrogens (tertiary/aromatic N) is 4. The predicted molar refractivity (Wildman–Crippen MR) is 115 cm³/mol. The van der Waals surface area contributed by atoms with Gasteiger partial charge in [-0.3, -0.25) is 9.36 Å². The third kappa shape index (κ3) is 4.42. The van der Waals surface area contributed by atoms with E-state index in [-0.39, 0.29) is 24.2 Å². The molecule has 2 aliphatic rings. The number of allylic oxidation sites excluding steroid dienone is 4. The molecule has 0 radical (unpaired) electrons. The Balaban J connectivity index is 1.72. The first-order valence-corrected chi connectivity index (χ1v) is 9.65. The number of hydrogen-bond donors (Lipinski definition) is 1. The second kappa shape index (κ2) is 8.94. The Morgan fingerprint density at radius 2 is 2.23 bits per heavy atom. The summed E-state index contributed by atoms with van der Waals surface area (Å²) < 4.78 is 20.7. The zero-order valence-corrected chi connectivity index (χ0v) is 17.5. The van der Waals surface area contributed by atoms with Crippen LogP contribution in [0.25, 0.3) is 5.70 Å². The number of imidazole rings is 1. The van der Waals surface area contributed by atoms with Crippen molar-refractivity contribution in [2.75, 3.05) is 13.7 Å². The van der Waals surface area contributed by atoms with Crippen LogP contribution < -0.4 is 5.32 Å². The van der Waals surface area contributed by atoms with Crippen LogP contribution in [0, 0.1) is 6.92 Å². The summed E-state index contributed by atoms with van der Waals surface area (Å²) in [6.07, 6.45) is 8.89. The number of fused-ring (bicyclic) bond motifs is 3. The van der Waals surface area contributed by atoms with Gasteiger partial charge in [0.1, 0.15) is 17.4 Å². The molecule has 1 aromatic rings. The standard InChI is InChI=1S/C22H26FN5O2/c1-6-20(24-12-16(4)30-5)25-14(2)9-10-27-19-11-17(23)7-8-18(19)28-13-15(3)26-21(28)22(27)29/h6-8,12-13,19,25H,2,4,9-11H2,1,3,5H3/b20-6+,24-12?. The lowest BCUT2D eigenvalue weighted by Crippen LogP contribution is -2.48. The van der Waals surface area contributed by atoms with Gasteiger partial charge in [-0.1, -0.05) is 13.2 Å². The van der Waals surface area contributed by atoms with E-state index in [0.717, 1.165) is 11.4 Å². The molecular weight excluding hydrogens is 385 g/mol. The third-order valence-electron chi connectivity index (χ3n) is 4.94. The quantitative estimate of drug-likeness (QED) is 0.523. The molecule has 8 heteroatoms. The van der Waals surface area contributed by atoms with Crippen LogP contribution in [0.2, 0.25) is 0 Å². The highest BCUT2D eigenvalue weighted by Crippen LogP contribution is 2.34. The number of nitrogens with one attached hydrogen (secondary N) is 1. The summed E-state index contributed by atoms with van der Waals surface area (Å²) in [5, 5.41) is 3.12. The summed E-state index contributed by atoms with van der Waals surface area (Å²) >= 11 is 0. The normalized spacial score (nSPS) is 18.5. The molecule has 0 saturated heterocycles. The Morgan fingerprint density at radius 3 is 2.93 bits per heavy atom. The average Bonchev–Trinajstić information content (AvgIpc) is 3.12. The smallest absolute Gasteiger partial charge is 0.290 e. The Hall–Kier alpha value is -3.42. The van der Waals surface area contributed by atoms with Crippen molar-refractivity contribution in [1.29, 1.82) is 0 Å². The molecule has 1 aliphatic heterocycles. The number of aryl methyl sites for hydroxylation is 1. The second-order valence-corrected chi connectivity index (χ2v) is 7.08. The van der Waals surface area contributed by atoms with Gasteiger partial charge >= 0.3 is 0 Å². The van der Waals surface area contributed by atoms with Gasteiger partial charge in [0.05, 0.1) is 25.1 Å². The average molecular weight is 411 g/mol. The molecule has 1 unspecified atom stereocenters. The number of carbonyl (C=O) groups is 1. The molecule has 0 fully saturated rings. The van der Waals surface area contributed by atoms with Gasteiger partial charge in [0.2, 0.25) is 5.82 Å². The van der Waals surface area contributed by atoms with Crippen molar-refractivity contribution in [2.24, 2.45) is 4.99 Å². The molecule has 1 amide bonds. The van der Waals surface area contributed by atoms with E-state index in [0.29, 0.717) is 36.1 Å². The van der Waals surface area contributed by atoms with Crippen LogP contribution in [-0.2, 0) is 4.74 Å². The fourth-order valence-corrected chi connectivity index (χ4v) is 3.40. The first-order chi connectivity index (χ1) is 14.3. The van der Waals surface area contributed by atoms with E-state index in [1.807, 2.05) is 20.0 Å². The molecule has 30 heavy (non-hydrogen) atoms. The monoisotopic (exact) mass is 411 g/mol. The maximum atomic E-state index is 14.0. The van der Waals surface area contributed by atoms with E-state index in [1.165, 1.54) is 19.4 Å². The highest BCUT2D eigenvalue weighted by atomic mass is 19.1. The van der Waals surface area contributed by atoms with Crippen molar-refractivity contribution in [2.45, 2.75) is 32.7 Å². The first-order valence-electron chi connectivity index (χ1n) is 9.65. The highest BCUT2D eigenvalue weighted by molar-refractivity contribution is 5.96. The largest absolute Gasteiger partial charge is 0.496 e. The van der Waals surface area contributed by atoms with Gasteiger partial charge in [0, 0.05) is 37.0 Å². The molecule has 0 bridgehead atoms. The van der Waals surface area contributed by atoms with E-state index in [2.05, 4.69) is 28.5 Å². The number of methoxy groups -OCH3 is 1. The molecule has 1 aromatic heterocycles. The summed E-state index contributed by atoms with van der Waals surface area (Å²) in [5.41, 5.74) is 2.27. The highest BCUT2D eigenvalue weighted by Gasteiger charge is 2.38. The van der Waals surface area contributed by atoms with Crippen molar-refractivity contribution in [1.82, 2.24) is 19.8 Å². The van der Waals surface area contributed by atoms with Gasteiger partial charge in [-0.2, -0.15) is 0 Å². The van der Waals surface area contributed by atoms with Crippen LogP contribution in [0.3, 0.4) is 0 Å². The maximum Gasteiger partial charge on any atom is 0.290 e. The van der Waals surface area contributed by atoms with Crippen molar-refractivity contribution >= 4 is 17.8 Å². The first kappa shape index (κ1) is 21.3. The van der Waals surface area contributed by atoms with Crippen molar-refractivity contribution < 1.29 is 13.9 Å². The lowest BCUT2D eigenvalue weighted by molar-refractivity contribution is 0.0675. The number of amides is 1. The SMILES string of the molecule is C=C(CCN1C(=O)c2nc(C)cn2C2=CC=C(F)CC21)N/C(=C/C)N=CC(=C)OC. The number of aliphatic imine (C=N–C) groups is 1. The Labute approximate surface area is 175 Å². The lowest BCUT2D eigenvalue weighted by atomic mass is 9.99. The molecule has 7 nitrogen and oxygen atoms in total. The van der Waals surface area contributed by atoms with Crippen molar-refractivity contribution in [3.63, 3.8) is 0 Å². The van der Waals surface area contributed by atoms with Crippen LogP contribution in [0.5, 0.6) is 0 Å². The molecule has 0 aromatic carbocycles. The van der Waals surface area contributed by atoms with Crippen LogP contribution in [-0.4, -0.2) is 46.3 Å². The summed E-state index contributed by atoms with van der Waals surface area (Å²) in [5.74, 6) is 0.900. The molecule has 2 heterocycles. The molecule has 1 N–H and O–H groups in total. The van der Waals surface area contributed by atoms with Gasteiger partial charge in [-0.05, 0) is 32.1 Å². The fourth-order valence-electron chi connectivity index (χ4n) is 3.40. The molecule has 3 rings (SSSR count). The van der Waals surface area contributed by atoms with Gasteiger partial charge in [0.25, 0.3) is 5.91 Å². The van der Waals surface area contributed by atoms with Gasteiger partial charge in [-0.15, -0.1) is 0 Å². The second-order valence-electron chi connectivity index (χ2n) is 7.08. The van der Waals surface area contributed by atoms with Crippen molar-refractivity contribution in [3.05, 3.63) is 72.2 Å². The molecule has 1 aliphatic carbocycles. The van der Waals surface area contributed by atoms with E-state index >= 15 is 0 Å². The number of carbonyl (C=O) groups excluding carboxylic acids is 1. The summed E-state index contributed by atoms with van der Waals surface area (Å²) in [4.78, 5) is 23.3. The van der Waals surface area contributed by atoms with Crippen molar-refractivity contribution in [3.8, 4) is 0 Å². The summed E-state index contributed by atoms with van der Waals surface area (Å²) in [6, 6.07) is -0.374. The van der Waals surface area contributed by atoms with Crippen LogP contribution >= 0.6 is 0 Å². The van der Waals surface area contributed by atoms with Crippen LogP contribution in [0.1, 0.15) is 36.1 Å². The third-order valence-corrected chi connectivity index (χ3v) is 4.94. The van der Waals surface area contributed by atoms with Crippen LogP contribution in [0.4, 0.5) is 4.39 Å². The summed E-state index contributed by atoms with van der Waals surface area (Å²) in [7, 11) is 1.52. The minimum Gasteiger partial charge on any atom is -0.496 e. The molecule has 0 saturated carbocycles. The number of rotatable bonds is 8. The zero-order valence-electron chi connectivity index (χ0n) is 17.5. The molecular formula is C22H26FN5O2. The Kier molecular flexibility index (Phi) is 6.34. The Bertz CT molecular complexity index is 999. The van der Waals surface area contributed by atoms with Gasteiger partial charge in [-0.25, -0.2) is 14.4 Å². The molecule has 158 valence electrons. The van der Waals surface area contributed by atoms with E-state index in [9.17, 15) is 9.18 Å². The van der Waals surface area contributed by atoms with E-state index in [1.54, 1.807) is 21.6 Å². The molecule has 1 atom stereocenters. The number of ether oxygens (including phenoxy) is 1. The summed E-state index contributed by atoms with van der Waals surface area (Å²) in [6.45, 7) is 11.8. The minimum absolute atomic E-state index is 0.150. The fraction of sp³-hybridized carbons (Fsp3) is 0.318. The van der Waals surface area contributed by atoms with Gasteiger partial charge < -0.3 is 15.0 Å². The maximum absolute atomic E-state index is 14.0. The van der Waals surface area contributed by atoms with E-state index < -0.39 is 0 Å².